The molecule has 0 radical (unpaired) electrons. The predicted octanol–water partition coefficient (Wildman–Crippen LogP) is 1.08. The Kier molecular flexibility index (Phi) is 4.45. The average molecular weight is 237 g/mol. The number of nitrogens with zero attached hydrogens (tertiary/aromatic N) is 1. The van der Waals surface area contributed by atoms with Crippen molar-refractivity contribution in [2.45, 2.75) is 32.2 Å². The topological polar surface area (TPSA) is 91.2 Å². The lowest BCUT2D eigenvalue weighted by Crippen LogP contribution is -2.44. The summed E-state index contributed by atoms with van der Waals surface area (Å²) in [5, 5.41) is 0. The fraction of sp³-hybridized carbons (Fsp3) is 0.500. The summed E-state index contributed by atoms with van der Waals surface area (Å²) in [6.07, 6.45) is 3.13. The molecule has 0 aromatic carbocycles. The Hall–Kier alpha value is -1.62. The molecule has 1 amide bonds. The number of rotatable bonds is 6. The van der Waals surface area contributed by atoms with E-state index >= 15 is 0 Å². The van der Waals surface area contributed by atoms with Gasteiger partial charge in [0.2, 0.25) is 11.8 Å². The number of aromatic nitrogens is 1. The number of nitrogens with two attached hydrogens (primary N) is 2. The van der Waals surface area contributed by atoms with Crippen LogP contribution in [0.2, 0.25) is 0 Å². The number of ether oxygens (including phenoxy) is 1. The Balaban J connectivity index is 2.69. The molecule has 0 bridgehead atoms. The number of carbonyl (C=O) groups excluding carboxylic acids is 1. The zero-order chi connectivity index (χ0) is 12.9. The minimum absolute atomic E-state index is 0.357. The van der Waals surface area contributed by atoms with Gasteiger partial charge in [0.25, 0.3) is 0 Å². The van der Waals surface area contributed by atoms with Gasteiger partial charge < -0.3 is 16.2 Å². The van der Waals surface area contributed by atoms with Crippen LogP contribution in [0.4, 0.5) is 0 Å². The quantitative estimate of drug-likeness (QED) is 0.774. The van der Waals surface area contributed by atoms with E-state index in [1.807, 2.05) is 13.8 Å². The summed E-state index contributed by atoms with van der Waals surface area (Å²) in [5.74, 6) is -0.125. The highest BCUT2D eigenvalue weighted by Crippen LogP contribution is 2.15. The molecule has 5 heteroatoms. The molecule has 0 aliphatic heterocycles. The molecule has 1 heterocycles. The van der Waals surface area contributed by atoms with Gasteiger partial charge in [-0.15, -0.1) is 0 Å². The Morgan fingerprint density at radius 2 is 2.12 bits per heavy atom. The van der Waals surface area contributed by atoms with E-state index in [1.165, 1.54) is 12.3 Å². The molecule has 1 aromatic rings. The van der Waals surface area contributed by atoms with Gasteiger partial charge in [0, 0.05) is 23.4 Å². The summed E-state index contributed by atoms with van der Waals surface area (Å²) in [6.45, 7) is 4.40. The van der Waals surface area contributed by atoms with Gasteiger partial charge in [-0.1, -0.05) is 13.8 Å². The zero-order valence-electron chi connectivity index (χ0n) is 10.3. The van der Waals surface area contributed by atoms with E-state index in [1.54, 1.807) is 6.07 Å². The molecular formula is C12H19N3O2. The van der Waals surface area contributed by atoms with Gasteiger partial charge in [0.05, 0.1) is 0 Å². The Morgan fingerprint density at radius 1 is 1.47 bits per heavy atom. The van der Waals surface area contributed by atoms with E-state index in [2.05, 4.69) is 4.98 Å². The molecular weight excluding hydrogens is 218 g/mol. The van der Waals surface area contributed by atoms with Gasteiger partial charge in [0.15, 0.2) is 0 Å². The molecule has 1 rings (SSSR count). The van der Waals surface area contributed by atoms with Crippen LogP contribution in [0.5, 0.6) is 5.88 Å². The minimum Gasteiger partial charge on any atom is -0.476 e. The number of carbonyl (C=O) groups is 1. The Bertz CT molecular complexity index is 389. The van der Waals surface area contributed by atoms with Crippen LogP contribution in [-0.4, -0.2) is 23.0 Å². The summed E-state index contributed by atoms with van der Waals surface area (Å²) >= 11 is 0. The van der Waals surface area contributed by atoms with Gasteiger partial charge in [-0.3, -0.25) is 4.79 Å². The second-order valence-corrected chi connectivity index (χ2v) is 4.11. The van der Waals surface area contributed by atoms with Crippen molar-refractivity contribution >= 4 is 5.91 Å². The standard InChI is InChI=1S/C12H19N3O2/c1-3-12(14,4-2)8-17-10-7-9(11(13)16)5-6-15-10/h5-7H,3-4,8,14H2,1-2H3,(H2,13,16). The van der Waals surface area contributed by atoms with Crippen molar-refractivity contribution in [2.75, 3.05) is 6.61 Å². The fourth-order valence-corrected chi connectivity index (χ4v) is 1.31. The first kappa shape index (κ1) is 13.4. The molecule has 0 fully saturated rings. The second-order valence-electron chi connectivity index (χ2n) is 4.11. The van der Waals surface area contributed by atoms with Crippen LogP contribution < -0.4 is 16.2 Å². The lowest BCUT2D eigenvalue weighted by Gasteiger charge is -2.26. The number of hydrogen-bond donors (Lipinski definition) is 2. The van der Waals surface area contributed by atoms with Crippen LogP contribution in [0, 0.1) is 0 Å². The smallest absolute Gasteiger partial charge is 0.248 e. The normalized spacial score (nSPS) is 11.2. The van der Waals surface area contributed by atoms with Crippen molar-refractivity contribution in [3.8, 4) is 5.88 Å². The van der Waals surface area contributed by atoms with Crippen LogP contribution in [0.15, 0.2) is 18.3 Å². The molecule has 0 saturated heterocycles. The number of hydrogen-bond acceptors (Lipinski definition) is 4. The third-order valence-corrected chi connectivity index (χ3v) is 2.94. The number of primary amides is 1. The summed E-state index contributed by atoms with van der Waals surface area (Å²) < 4.78 is 5.50. The van der Waals surface area contributed by atoms with Gasteiger partial charge in [-0.25, -0.2) is 4.98 Å². The van der Waals surface area contributed by atoms with E-state index < -0.39 is 5.91 Å². The van der Waals surface area contributed by atoms with E-state index in [4.69, 9.17) is 16.2 Å². The molecule has 0 unspecified atom stereocenters. The molecule has 1 aromatic heterocycles. The van der Waals surface area contributed by atoms with Crippen LogP contribution in [0.25, 0.3) is 0 Å². The van der Waals surface area contributed by atoms with Crippen LogP contribution >= 0.6 is 0 Å². The summed E-state index contributed by atoms with van der Waals surface area (Å²) in [5.41, 5.74) is 11.3. The van der Waals surface area contributed by atoms with Crippen LogP contribution in [0.1, 0.15) is 37.0 Å². The first-order chi connectivity index (χ1) is 8.00. The van der Waals surface area contributed by atoms with E-state index in [0.717, 1.165) is 12.8 Å². The van der Waals surface area contributed by atoms with Crippen LogP contribution in [0.3, 0.4) is 0 Å². The fourth-order valence-electron chi connectivity index (χ4n) is 1.31. The second kappa shape index (κ2) is 5.63. The molecule has 94 valence electrons. The van der Waals surface area contributed by atoms with E-state index in [9.17, 15) is 4.79 Å². The highest BCUT2D eigenvalue weighted by Gasteiger charge is 2.21. The molecule has 0 spiro atoms. The maximum Gasteiger partial charge on any atom is 0.248 e. The van der Waals surface area contributed by atoms with Crippen molar-refractivity contribution in [1.82, 2.24) is 4.98 Å². The van der Waals surface area contributed by atoms with E-state index in [-0.39, 0.29) is 5.54 Å². The van der Waals surface area contributed by atoms with Gasteiger partial charge in [-0.2, -0.15) is 0 Å². The Labute approximate surface area is 101 Å². The molecule has 17 heavy (non-hydrogen) atoms. The van der Waals surface area contributed by atoms with Crippen molar-refractivity contribution in [2.24, 2.45) is 11.5 Å². The first-order valence-corrected chi connectivity index (χ1v) is 5.68. The Morgan fingerprint density at radius 3 is 2.65 bits per heavy atom. The molecule has 0 aliphatic carbocycles. The minimum atomic E-state index is -0.498. The average Bonchev–Trinajstić information content (AvgIpc) is 2.36. The maximum absolute atomic E-state index is 11.0. The predicted molar refractivity (Wildman–Crippen MR) is 65.8 cm³/mol. The van der Waals surface area contributed by atoms with Gasteiger partial charge >= 0.3 is 0 Å². The summed E-state index contributed by atoms with van der Waals surface area (Å²) in [4.78, 5) is 15.0. The SMILES string of the molecule is CCC(N)(CC)COc1cc(C(N)=O)ccn1. The van der Waals surface area contributed by atoms with Crippen LogP contribution in [-0.2, 0) is 0 Å². The van der Waals surface area contributed by atoms with Crippen molar-refractivity contribution in [3.63, 3.8) is 0 Å². The third kappa shape index (κ3) is 3.71. The maximum atomic E-state index is 11.0. The zero-order valence-corrected chi connectivity index (χ0v) is 10.3. The van der Waals surface area contributed by atoms with Crippen molar-refractivity contribution < 1.29 is 9.53 Å². The largest absolute Gasteiger partial charge is 0.476 e. The number of pyridine rings is 1. The van der Waals surface area contributed by atoms with E-state index in [0.29, 0.717) is 18.1 Å². The highest BCUT2D eigenvalue weighted by molar-refractivity contribution is 5.92. The first-order valence-electron chi connectivity index (χ1n) is 5.68. The lowest BCUT2D eigenvalue weighted by atomic mass is 9.96. The molecule has 4 N–H and O–H groups in total. The van der Waals surface area contributed by atoms with Gasteiger partial charge in [0.1, 0.15) is 6.61 Å². The molecule has 0 atom stereocenters. The molecule has 0 aliphatic rings. The molecule has 0 saturated carbocycles. The summed E-state index contributed by atoms with van der Waals surface area (Å²) in [7, 11) is 0. The van der Waals surface area contributed by atoms with Gasteiger partial charge in [-0.05, 0) is 18.9 Å². The summed E-state index contributed by atoms with van der Waals surface area (Å²) in [6, 6.07) is 3.07. The number of amides is 1. The lowest BCUT2D eigenvalue weighted by molar-refractivity contribution is 0.0999. The van der Waals surface area contributed by atoms with Crippen molar-refractivity contribution in [3.05, 3.63) is 23.9 Å². The highest BCUT2D eigenvalue weighted by atomic mass is 16.5. The monoisotopic (exact) mass is 237 g/mol. The molecule has 5 nitrogen and oxygen atoms in total. The van der Waals surface area contributed by atoms with Crippen molar-refractivity contribution in [1.29, 1.82) is 0 Å². The third-order valence-electron chi connectivity index (χ3n) is 2.94.